The lowest BCUT2D eigenvalue weighted by Crippen LogP contribution is -2.50. The molecule has 2 aromatic heterocycles. The van der Waals surface area contributed by atoms with Crippen molar-refractivity contribution in [1.82, 2.24) is 24.6 Å². The lowest BCUT2D eigenvalue weighted by atomic mass is 10.1. The number of amides is 1. The van der Waals surface area contributed by atoms with Crippen LogP contribution in [0.15, 0.2) is 73.1 Å². The van der Waals surface area contributed by atoms with Crippen molar-refractivity contribution in [3.63, 3.8) is 0 Å². The normalized spacial score (nSPS) is 17.7. The van der Waals surface area contributed by atoms with E-state index in [1.165, 1.54) is 6.07 Å². The Hall–Kier alpha value is -4.17. The van der Waals surface area contributed by atoms with Gasteiger partial charge in [0.05, 0.1) is 17.4 Å². The van der Waals surface area contributed by atoms with E-state index in [4.69, 9.17) is 0 Å². The maximum absolute atomic E-state index is 14.4. The molecule has 4 aromatic rings. The maximum Gasteiger partial charge on any atom is 0.274 e. The Balaban J connectivity index is 1.25. The Labute approximate surface area is 214 Å². The summed E-state index contributed by atoms with van der Waals surface area (Å²) in [4.78, 5) is 34.4. The maximum atomic E-state index is 14.4. The van der Waals surface area contributed by atoms with Crippen LogP contribution in [-0.4, -0.2) is 62.4 Å². The fraction of sp³-hybridized carbons (Fsp3) is 0.241. The van der Waals surface area contributed by atoms with Crippen molar-refractivity contribution in [3.05, 3.63) is 101 Å². The van der Waals surface area contributed by atoms with Gasteiger partial charge in [0.1, 0.15) is 5.82 Å². The molecule has 1 saturated heterocycles. The summed E-state index contributed by atoms with van der Waals surface area (Å²) in [6, 6.07) is 18.1. The molecule has 0 N–H and O–H groups in total. The molecule has 8 heteroatoms. The van der Waals surface area contributed by atoms with Crippen LogP contribution in [0.25, 0.3) is 16.9 Å². The molecule has 0 spiro atoms. The van der Waals surface area contributed by atoms with Crippen LogP contribution in [-0.2, 0) is 11.2 Å². The summed E-state index contributed by atoms with van der Waals surface area (Å²) in [7, 11) is 0. The number of pyridine rings is 1. The average Bonchev–Trinajstić information content (AvgIpc) is 3.51. The van der Waals surface area contributed by atoms with Crippen molar-refractivity contribution < 1.29 is 14.0 Å². The van der Waals surface area contributed by atoms with Crippen LogP contribution in [0.4, 0.5) is 4.39 Å². The molecule has 3 heterocycles. The number of carbonyl (C=O) groups excluding carboxylic acids is 2. The molecule has 7 nitrogen and oxygen atoms in total. The number of fused-ring (bicyclic) bond motifs is 1. The first kappa shape index (κ1) is 23.2. The van der Waals surface area contributed by atoms with E-state index in [9.17, 15) is 14.0 Å². The first-order valence-corrected chi connectivity index (χ1v) is 12.4. The van der Waals surface area contributed by atoms with Crippen molar-refractivity contribution in [2.24, 2.45) is 0 Å². The molecule has 2 aromatic carbocycles. The second kappa shape index (κ2) is 9.37. The highest BCUT2D eigenvalue weighted by molar-refractivity contribution is 5.94. The average molecular weight is 496 g/mol. The van der Waals surface area contributed by atoms with E-state index in [0.29, 0.717) is 49.5 Å². The van der Waals surface area contributed by atoms with Gasteiger partial charge < -0.3 is 4.90 Å². The number of aryl methyl sites for hydroxylation is 1. The van der Waals surface area contributed by atoms with Gasteiger partial charge in [0, 0.05) is 50.6 Å². The molecular formula is C29H26FN5O2. The number of ketones is 1. The van der Waals surface area contributed by atoms with Crippen molar-refractivity contribution in [3.8, 4) is 16.9 Å². The van der Waals surface area contributed by atoms with E-state index in [0.717, 1.165) is 16.7 Å². The molecule has 0 saturated carbocycles. The summed E-state index contributed by atoms with van der Waals surface area (Å²) < 4.78 is 16.0. The molecule has 186 valence electrons. The molecule has 1 amide bonds. The standard InChI is InChI=1S/C29H26FN5O2/c1-19-8-9-22(16-24(19)30)35-26(21-6-4-10-31-18-21)17-25(32-35)29(37)34-13-11-33(12-14-34)28-23-7-3-2-5-20(23)15-27(28)36/h2-10,16-18,28H,11-15H2,1H3. The van der Waals surface area contributed by atoms with Gasteiger partial charge in [-0.15, -0.1) is 0 Å². The SMILES string of the molecule is Cc1ccc(-n2nc(C(=O)N3CCN(C4C(=O)Cc5ccccc54)CC3)cc2-c2cccnc2)cc1F. The number of nitrogens with zero attached hydrogens (tertiary/aromatic N) is 5. The molecule has 1 aliphatic heterocycles. The monoisotopic (exact) mass is 495 g/mol. The molecule has 1 unspecified atom stereocenters. The second-order valence-electron chi connectivity index (χ2n) is 9.57. The number of carbonyl (C=O) groups is 2. The van der Waals surface area contributed by atoms with Gasteiger partial charge >= 0.3 is 0 Å². The number of aromatic nitrogens is 3. The Morgan fingerprint density at radius 2 is 1.81 bits per heavy atom. The van der Waals surface area contributed by atoms with Crippen LogP contribution in [0.1, 0.15) is 33.2 Å². The summed E-state index contributed by atoms with van der Waals surface area (Å²) >= 11 is 0. The fourth-order valence-corrected chi connectivity index (χ4v) is 5.28. The third kappa shape index (κ3) is 4.23. The van der Waals surface area contributed by atoms with Crippen LogP contribution in [0.3, 0.4) is 0 Å². The molecule has 2 aliphatic rings. The summed E-state index contributed by atoms with van der Waals surface area (Å²) in [5.41, 5.74) is 4.97. The van der Waals surface area contributed by atoms with E-state index in [1.54, 1.807) is 47.1 Å². The van der Waals surface area contributed by atoms with E-state index in [2.05, 4.69) is 15.0 Å². The summed E-state index contributed by atoms with van der Waals surface area (Å²) in [5, 5.41) is 4.60. The van der Waals surface area contributed by atoms with Crippen LogP contribution in [0.2, 0.25) is 0 Å². The van der Waals surface area contributed by atoms with E-state index in [1.807, 2.05) is 36.4 Å². The van der Waals surface area contributed by atoms with Gasteiger partial charge in [0.2, 0.25) is 0 Å². The van der Waals surface area contributed by atoms with Gasteiger partial charge in [-0.1, -0.05) is 30.3 Å². The number of hydrogen-bond donors (Lipinski definition) is 0. The lowest BCUT2D eigenvalue weighted by molar-refractivity contribution is -0.123. The van der Waals surface area contributed by atoms with Crippen LogP contribution in [0, 0.1) is 12.7 Å². The molecule has 1 fully saturated rings. The van der Waals surface area contributed by atoms with Gasteiger partial charge in [-0.05, 0) is 53.9 Å². The zero-order chi connectivity index (χ0) is 25.5. The third-order valence-corrected chi connectivity index (χ3v) is 7.27. The van der Waals surface area contributed by atoms with E-state index in [-0.39, 0.29) is 29.2 Å². The quantitative estimate of drug-likeness (QED) is 0.428. The Morgan fingerprint density at radius 1 is 1.00 bits per heavy atom. The van der Waals surface area contributed by atoms with Crippen molar-refractivity contribution >= 4 is 11.7 Å². The van der Waals surface area contributed by atoms with Crippen molar-refractivity contribution in [2.45, 2.75) is 19.4 Å². The molecular weight excluding hydrogens is 469 g/mol. The molecule has 0 bridgehead atoms. The Kier molecular flexibility index (Phi) is 5.88. The lowest BCUT2D eigenvalue weighted by Gasteiger charge is -2.37. The number of benzene rings is 2. The molecule has 1 atom stereocenters. The van der Waals surface area contributed by atoms with E-state index >= 15 is 0 Å². The zero-order valence-corrected chi connectivity index (χ0v) is 20.5. The first-order chi connectivity index (χ1) is 18.0. The number of hydrogen-bond acceptors (Lipinski definition) is 5. The van der Waals surface area contributed by atoms with Crippen molar-refractivity contribution in [1.29, 1.82) is 0 Å². The summed E-state index contributed by atoms with van der Waals surface area (Å²) in [6.07, 6.45) is 3.84. The minimum absolute atomic E-state index is 0.186. The predicted octanol–water partition coefficient (Wildman–Crippen LogP) is 4.01. The Bertz CT molecular complexity index is 1490. The number of Topliss-reactive ketones (excluding diaryl/α,β-unsaturated/α-hetero) is 1. The molecule has 1 aliphatic carbocycles. The zero-order valence-electron chi connectivity index (χ0n) is 20.5. The van der Waals surface area contributed by atoms with Gasteiger partial charge in [-0.3, -0.25) is 19.5 Å². The highest BCUT2D eigenvalue weighted by Gasteiger charge is 2.37. The molecule has 37 heavy (non-hydrogen) atoms. The van der Waals surface area contributed by atoms with Gasteiger partial charge in [0.15, 0.2) is 11.5 Å². The number of piperazine rings is 1. The smallest absolute Gasteiger partial charge is 0.274 e. The van der Waals surface area contributed by atoms with Gasteiger partial charge in [-0.2, -0.15) is 5.10 Å². The second-order valence-corrected chi connectivity index (χ2v) is 9.57. The van der Waals surface area contributed by atoms with Crippen LogP contribution >= 0.6 is 0 Å². The predicted molar refractivity (Wildman–Crippen MR) is 137 cm³/mol. The third-order valence-electron chi connectivity index (χ3n) is 7.27. The highest BCUT2D eigenvalue weighted by atomic mass is 19.1. The van der Waals surface area contributed by atoms with E-state index < -0.39 is 0 Å². The minimum atomic E-state index is -0.336. The number of rotatable bonds is 4. The highest BCUT2D eigenvalue weighted by Crippen LogP contribution is 2.34. The van der Waals surface area contributed by atoms with Gasteiger partial charge in [-0.25, -0.2) is 9.07 Å². The molecule has 6 rings (SSSR count). The van der Waals surface area contributed by atoms with Crippen LogP contribution < -0.4 is 0 Å². The largest absolute Gasteiger partial charge is 0.335 e. The minimum Gasteiger partial charge on any atom is -0.335 e. The van der Waals surface area contributed by atoms with Crippen molar-refractivity contribution in [2.75, 3.05) is 26.2 Å². The fourth-order valence-electron chi connectivity index (χ4n) is 5.28. The first-order valence-electron chi connectivity index (χ1n) is 12.4. The van der Waals surface area contributed by atoms with Crippen LogP contribution in [0.5, 0.6) is 0 Å². The number of halogens is 1. The Morgan fingerprint density at radius 3 is 2.57 bits per heavy atom. The summed E-state index contributed by atoms with van der Waals surface area (Å²) in [6.45, 7) is 3.92. The summed E-state index contributed by atoms with van der Waals surface area (Å²) in [5.74, 6) is -0.308. The topological polar surface area (TPSA) is 71.3 Å². The van der Waals surface area contributed by atoms with Gasteiger partial charge in [0.25, 0.3) is 5.91 Å². The molecule has 0 radical (unpaired) electrons.